The van der Waals surface area contributed by atoms with Crippen molar-refractivity contribution in [1.82, 2.24) is 10.3 Å². The van der Waals surface area contributed by atoms with Crippen molar-refractivity contribution in [3.8, 4) is 0 Å². The van der Waals surface area contributed by atoms with E-state index < -0.39 is 30.5 Å². The number of ether oxygens (including phenoxy) is 2. The van der Waals surface area contributed by atoms with E-state index in [2.05, 4.69) is 15.4 Å². The van der Waals surface area contributed by atoms with Gasteiger partial charge in [-0.1, -0.05) is 13.8 Å². The molecule has 0 fully saturated rings. The number of hydrogen-bond donors (Lipinski definition) is 1. The van der Waals surface area contributed by atoms with Crippen LogP contribution in [0.5, 0.6) is 0 Å². The van der Waals surface area contributed by atoms with Crippen molar-refractivity contribution in [3.05, 3.63) is 5.21 Å². The number of hydrazine groups is 1. The fraction of sp³-hybridized carbons (Fsp3) is 0.867. The van der Waals surface area contributed by atoms with Gasteiger partial charge in [0.2, 0.25) is 5.28 Å². The maximum Gasteiger partial charge on any atom is 0.408 e. The molecule has 0 saturated heterocycles. The third-order valence-corrected chi connectivity index (χ3v) is 2.95. The first-order valence-electron chi connectivity index (χ1n) is 8.23. The summed E-state index contributed by atoms with van der Waals surface area (Å²) in [5, 5.41) is 18.6. The van der Waals surface area contributed by atoms with E-state index in [1.807, 2.05) is 0 Å². The van der Waals surface area contributed by atoms with Crippen LogP contribution in [0.15, 0.2) is 5.28 Å². The van der Waals surface area contributed by atoms with E-state index in [1.165, 1.54) is 5.01 Å². The van der Waals surface area contributed by atoms with Gasteiger partial charge in [-0.25, -0.2) is 9.59 Å². The second kappa shape index (κ2) is 10.6. The Balaban J connectivity index is 4.52. The zero-order valence-corrected chi connectivity index (χ0v) is 16.1. The molecule has 0 radical (unpaired) electrons. The Labute approximate surface area is 148 Å². The molecule has 1 atom stereocenters. The van der Waals surface area contributed by atoms with Crippen LogP contribution >= 0.6 is 0 Å². The van der Waals surface area contributed by atoms with Crippen LogP contribution in [0.1, 0.15) is 48.5 Å². The van der Waals surface area contributed by atoms with E-state index >= 15 is 0 Å². The predicted octanol–water partition coefficient (Wildman–Crippen LogP) is 2.19. The fourth-order valence-electron chi connectivity index (χ4n) is 1.70. The van der Waals surface area contributed by atoms with Crippen LogP contribution in [0.3, 0.4) is 0 Å². The summed E-state index contributed by atoms with van der Waals surface area (Å²) in [6, 6.07) is -0.912. The summed E-state index contributed by atoms with van der Waals surface area (Å²) in [5.41, 5.74) is -0.681. The van der Waals surface area contributed by atoms with Gasteiger partial charge in [0.25, 0.3) is 6.79 Å². The minimum Gasteiger partial charge on any atom is -0.569 e. The summed E-state index contributed by atoms with van der Waals surface area (Å²) in [6.45, 7) is 12.6. The average Bonchev–Trinajstić information content (AvgIpc) is 2.48. The molecule has 0 aromatic heterocycles. The minimum atomic E-state index is -0.912. The number of alkyl carbamates (subject to hydrolysis) is 1. The molecule has 0 spiro atoms. The van der Waals surface area contributed by atoms with E-state index in [0.29, 0.717) is 13.1 Å². The van der Waals surface area contributed by atoms with Crippen molar-refractivity contribution < 1.29 is 28.9 Å². The summed E-state index contributed by atoms with van der Waals surface area (Å²) in [7, 11) is 0. The monoisotopic (exact) mass is 362 g/mol. The van der Waals surface area contributed by atoms with Crippen LogP contribution in [0, 0.1) is 11.1 Å². The van der Waals surface area contributed by atoms with Gasteiger partial charge in [-0.15, -0.1) is 5.01 Å². The molecule has 0 aromatic carbocycles. The van der Waals surface area contributed by atoms with Crippen molar-refractivity contribution in [1.29, 1.82) is 0 Å². The van der Waals surface area contributed by atoms with Gasteiger partial charge in [-0.2, -0.15) is 0 Å². The van der Waals surface area contributed by atoms with Crippen molar-refractivity contribution >= 4 is 12.1 Å². The number of esters is 1. The lowest BCUT2D eigenvalue weighted by Gasteiger charge is -2.24. The number of carbonyl (C=O) groups excluding carboxylic acids is 2. The summed E-state index contributed by atoms with van der Waals surface area (Å²) in [6.07, 6.45) is -0.721. The third-order valence-electron chi connectivity index (χ3n) is 2.95. The van der Waals surface area contributed by atoms with Crippen molar-refractivity contribution in [2.75, 3.05) is 19.9 Å². The second-order valence-electron chi connectivity index (χ2n) is 6.55. The molecule has 1 N–H and O–H groups in total. The molecule has 0 aromatic rings. The second-order valence-corrected chi connectivity index (χ2v) is 6.55. The quantitative estimate of drug-likeness (QED) is 0.167. The molecule has 0 aliphatic carbocycles. The van der Waals surface area contributed by atoms with Crippen LogP contribution in [0.2, 0.25) is 0 Å². The Morgan fingerprint density at radius 3 is 2.24 bits per heavy atom. The maximum atomic E-state index is 12.1. The normalized spacial score (nSPS) is 13.2. The number of nitrogens with one attached hydrogen (secondary N) is 1. The lowest BCUT2D eigenvalue weighted by atomic mass is 10.1. The van der Waals surface area contributed by atoms with E-state index in [-0.39, 0.29) is 10.9 Å². The van der Waals surface area contributed by atoms with Crippen LogP contribution in [-0.2, 0) is 19.1 Å². The number of amides is 1. The molecule has 0 unspecified atom stereocenters. The number of rotatable bonds is 9. The molecule has 0 bridgehead atoms. The SMILES string of the molecule is CCN(CC)/[N+]([O-])=N/OCOC(=O)[C@@H](NC(=O)OC(C)(C)C)C(C)C. The van der Waals surface area contributed by atoms with Gasteiger partial charge in [-0.3, -0.25) is 0 Å². The Morgan fingerprint density at radius 2 is 1.80 bits per heavy atom. The van der Waals surface area contributed by atoms with Gasteiger partial charge in [0.1, 0.15) is 11.6 Å². The molecule has 0 heterocycles. The van der Waals surface area contributed by atoms with E-state index in [9.17, 15) is 14.8 Å². The first kappa shape index (κ1) is 22.7. The van der Waals surface area contributed by atoms with Crippen LogP contribution in [0.4, 0.5) is 4.79 Å². The first-order chi connectivity index (χ1) is 11.5. The average molecular weight is 362 g/mol. The van der Waals surface area contributed by atoms with Gasteiger partial charge in [-0.05, 0) is 40.5 Å². The lowest BCUT2D eigenvalue weighted by molar-refractivity contribution is -0.710. The molecule has 0 aliphatic rings. The Hall–Kier alpha value is -2.26. The molecule has 146 valence electrons. The van der Waals surface area contributed by atoms with Crippen LogP contribution in [0.25, 0.3) is 0 Å². The Morgan fingerprint density at radius 1 is 1.24 bits per heavy atom. The zero-order chi connectivity index (χ0) is 19.6. The number of carbonyl (C=O) groups is 2. The summed E-state index contributed by atoms with van der Waals surface area (Å²) < 4.78 is 10.0. The van der Waals surface area contributed by atoms with Crippen molar-refractivity contribution in [2.24, 2.45) is 11.2 Å². The van der Waals surface area contributed by atoms with Gasteiger partial charge < -0.3 is 24.8 Å². The van der Waals surface area contributed by atoms with Gasteiger partial charge in [0.05, 0.1) is 18.1 Å². The molecule has 25 heavy (non-hydrogen) atoms. The highest BCUT2D eigenvalue weighted by Crippen LogP contribution is 2.09. The third kappa shape index (κ3) is 9.58. The van der Waals surface area contributed by atoms with Crippen molar-refractivity contribution in [2.45, 2.75) is 60.1 Å². The van der Waals surface area contributed by atoms with Crippen molar-refractivity contribution in [3.63, 3.8) is 0 Å². The smallest absolute Gasteiger partial charge is 0.408 e. The highest BCUT2D eigenvalue weighted by molar-refractivity contribution is 5.81. The molecule has 0 saturated carbocycles. The van der Waals surface area contributed by atoms with E-state index in [4.69, 9.17) is 9.47 Å². The molecule has 0 aliphatic heterocycles. The Kier molecular flexibility index (Phi) is 9.62. The molecular formula is C15H30N4O6. The van der Waals surface area contributed by atoms with Gasteiger partial charge >= 0.3 is 12.1 Å². The lowest BCUT2D eigenvalue weighted by Crippen LogP contribution is -2.47. The molecule has 10 heteroatoms. The molecule has 0 rings (SSSR count). The maximum absolute atomic E-state index is 12.1. The van der Waals surface area contributed by atoms with Crippen LogP contribution in [-0.4, -0.2) is 53.6 Å². The molecule has 1 amide bonds. The van der Waals surface area contributed by atoms with E-state index in [1.54, 1.807) is 48.5 Å². The molecular weight excluding hydrogens is 332 g/mol. The summed E-state index contributed by atoms with van der Waals surface area (Å²) in [4.78, 5) is 28.8. The largest absolute Gasteiger partial charge is 0.569 e. The fourth-order valence-corrected chi connectivity index (χ4v) is 1.70. The predicted molar refractivity (Wildman–Crippen MR) is 89.0 cm³/mol. The topological polar surface area (TPSA) is 116 Å². The highest BCUT2D eigenvalue weighted by atomic mass is 16.8. The minimum absolute atomic E-state index is 0.233. The number of hydrogen-bond acceptors (Lipinski definition) is 7. The van der Waals surface area contributed by atoms with Gasteiger partial charge in [0.15, 0.2) is 0 Å². The Bertz CT molecular complexity index is 457. The zero-order valence-electron chi connectivity index (χ0n) is 16.1. The number of nitrogens with zero attached hydrogens (tertiary/aromatic N) is 3. The van der Waals surface area contributed by atoms with Crippen LogP contribution < -0.4 is 5.32 Å². The van der Waals surface area contributed by atoms with E-state index in [0.717, 1.165) is 0 Å². The first-order valence-corrected chi connectivity index (χ1v) is 8.23. The summed E-state index contributed by atoms with van der Waals surface area (Å²) >= 11 is 0. The standard InChI is InChI=1S/C15H30N4O6/c1-8-18(9-2)19(22)17-24-10-23-13(20)12(11(3)4)16-14(21)25-15(5,6)7/h11-12H,8-10H2,1-7H3,(H,16,21)/b19-17-/t12-/m0/s1. The van der Waals surface area contributed by atoms with Gasteiger partial charge in [0, 0.05) is 0 Å². The summed E-state index contributed by atoms with van der Waals surface area (Å²) in [5.74, 6) is -0.944. The highest BCUT2D eigenvalue weighted by Gasteiger charge is 2.28. The molecule has 10 nitrogen and oxygen atoms in total.